The van der Waals surface area contributed by atoms with Crippen molar-refractivity contribution in [3.63, 3.8) is 0 Å². The highest BCUT2D eigenvalue weighted by Gasteiger charge is 2.17. The van der Waals surface area contributed by atoms with Crippen molar-refractivity contribution >= 4 is 53.2 Å². The van der Waals surface area contributed by atoms with Crippen molar-refractivity contribution in [2.75, 3.05) is 0 Å². The van der Waals surface area contributed by atoms with Crippen molar-refractivity contribution in [3.05, 3.63) is 146 Å². The quantitative estimate of drug-likeness (QED) is 0.204. The lowest BCUT2D eigenvalue weighted by atomic mass is 10.00. The summed E-state index contributed by atoms with van der Waals surface area (Å²) >= 11 is 1.77. The highest BCUT2D eigenvalue weighted by Crippen LogP contribution is 2.41. The van der Waals surface area contributed by atoms with E-state index in [9.17, 15) is 0 Å². The Balaban J connectivity index is 1.22. The van der Waals surface area contributed by atoms with Crippen LogP contribution in [0.2, 0.25) is 0 Å². The van der Waals surface area contributed by atoms with Gasteiger partial charge in [-0.3, -0.25) is 4.98 Å². The number of aromatic nitrogens is 4. The van der Waals surface area contributed by atoms with Gasteiger partial charge in [0.1, 0.15) is 0 Å². The van der Waals surface area contributed by atoms with Crippen LogP contribution in [0.5, 0.6) is 0 Å². The van der Waals surface area contributed by atoms with Crippen molar-refractivity contribution < 1.29 is 0 Å². The largest absolute Gasteiger partial charge is 0.255 e. The molecule has 0 N–H and O–H groups in total. The number of thiophene rings is 1. The topological polar surface area (TPSA) is 51.6 Å². The first kappa shape index (κ1) is 25.7. The van der Waals surface area contributed by atoms with Crippen LogP contribution >= 0.6 is 11.3 Å². The summed E-state index contributed by atoms with van der Waals surface area (Å²) in [6.45, 7) is 0. The highest BCUT2D eigenvalue weighted by atomic mass is 32.1. The van der Waals surface area contributed by atoms with Crippen LogP contribution in [0, 0.1) is 0 Å². The average molecular weight is 593 g/mol. The molecule has 0 atom stereocenters. The summed E-state index contributed by atoms with van der Waals surface area (Å²) in [7, 11) is 0. The normalized spacial score (nSPS) is 11.6. The van der Waals surface area contributed by atoms with Gasteiger partial charge in [0.25, 0.3) is 0 Å². The molecule has 0 saturated carbocycles. The Hall–Kier alpha value is -5.78. The molecule has 5 heteroatoms. The van der Waals surface area contributed by atoms with Crippen LogP contribution in [0.1, 0.15) is 0 Å². The van der Waals surface area contributed by atoms with Crippen molar-refractivity contribution in [3.8, 4) is 45.3 Å². The van der Waals surface area contributed by atoms with E-state index in [1.54, 1.807) is 11.3 Å². The maximum absolute atomic E-state index is 5.12. The fourth-order valence-corrected chi connectivity index (χ4v) is 7.36. The minimum absolute atomic E-state index is 0.645. The first-order valence-electron chi connectivity index (χ1n) is 14.9. The average Bonchev–Trinajstić information content (AvgIpc) is 3.50. The second kappa shape index (κ2) is 10.4. The molecule has 0 aliphatic carbocycles. The lowest BCUT2D eigenvalue weighted by molar-refractivity contribution is 1.08. The van der Waals surface area contributed by atoms with Crippen molar-refractivity contribution in [1.29, 1.82) is 0 Å². The maximum Gasteiger partial charge on any atom is 0.164 e. The van der Waals surface area contributed by atoms with E-state index in [0.29, 0.717) is 17.5 Å². The summed E-state index contributed by atoms with van der Waals surface area (Å²) in [5.41, 5.74) is 6.24. The Kier molecular flexibility index (Phi) is 5.96. The molecule has 9 rings (SSSR count). The summed E-state index contributed by atoms with van der Waals surface area (Å²) < 4.78 is 2.36. The van der Waals surface area contributed by atoms with Gasteiger partial charge in [0.15, 0.2) is 17.5 Å². The Morgan fingerprint density at radius 1 is 0.444 bits per heavy atom. The van der Waals surface area contributed by atoms with Crippen LogP contribution in [0.3, 0.4) is 0 Å². The van der Waals surface area contributed by atoms with E-state index in [-0.39, 0.29) is 0 Å². The van der Waals surface area contributed by atoms with E-state index >= 15 is 0 Å². The van der Waals surface area contributed by atoms with Gasteiger partial charge in [0.05, 0.1) is 10.2 Å². The number of hydrogen-bond donors (Lipinski definition) is 0. The summed E-state index contributed by atoms with van der Waals surface area (Å²) in [5, 5.41) is 5.90. The number of fused-ring (bicyclic) bond motifs is 6. The third kappa shape index (κ3) is 4.44. The molecular formula is C40H24N4S. The monoisotopic (exact) mass is 592 g/mol. The second-order valence-corrected chi connectivity index (χ2v) is 12.2. The lowest BCUT2D eigenvalue weighted by Gasteiger charge is -2.11. The number of nitrogens with zero attached hydrogens (tertiary/aromatic N) is 4. The van der Waals surface area contributed by atoms with Crippen molar-refractivity contribution in [1.82, 2.24) is 19.9 Å². The third-order valence-corrected chi connectivity index (χ3v) is 9.55. The van der Waals surface area contributed by atoms with Crippen molar-refractivity contribution in [2.24, 2.45) is 0 Å². The number of hydrogen-bond acceptors (Lipinski definition) is 5. The first-order valence-corrected chi connectivity index (χ1v) is 15.7. The van der Waals surface area contributed by atoms with E-state index in [2.05, 4.69) is 103 Å². The minimum atomic E-state index is 0.645. The van der Waals surface area contributed by atoms with Gasteiger partial charge in [-0.15, -0.1) is 11.3 Å². The molecule has 0 bridgehead atoms. The Morgan fingerprint density at radius 2 is 1.11 bits per heavy atom. The molecule has 0 amide bonds. The van der Waals surface area contributed by atoms with Crippen LogP contribution in [-0.2, 0) is 0 Å². The van der Waals surface area contributed by atoms with Gasteiger partial charge in [-0.2, -0.15) is 0 Å². The second-order valence-electron chi connectivity index (χ2n) is 11.1. The summed E-state index contributed by atoms with van der Waals surface area (Å²) in [4.78, 5) is 19.9. The molecular weight excluding hydrogens is 569 g/mol. The molecule has 210 valence electrons. The number of benzene rings is 6. The predicted molar refractivity (Wildman–Crippen MR) is 187 cm³/mol. The molecule has 0 spiro atoms. The van der Waals surface area contributed by atoms with Gasteiger partial charge >= 0.3 is 0 Å². The number of rotatable bonds is 4. The Labute approximate surface area is 263 Å². The van der Waals surface area contributed by atoms with E-state index in [4.69, 9.17) is 19.9 Å². The molecule has 9 aromatic rings. The zero-order valence-electron chi connectivity index (χ0n) is 24.1. The van der Waals surface area contributed by atoms with E-state index < -0.39 is 0 Å². The molecule has 0 fully saturated rings. The lowest BCUT2D eigenvalue weighted by Crippen LogP contribution is -2.00. The zero-order chi connectivity index (χ0) is 29.7. The molecule has 0 aliphatic heterocycles. The standard InChI is InChI=1S/C40H24N4S/c1-2-9-28(10-3-1)38-42-39(29-18-15-26(16-19-29)31-20-17-25-8-4-5-11-30(25)24-31)44-40(43-38)32-13-6-12-27-21-22-33-36-34(14-7-23-41-36)45-37(33)35(27)32/h1-24H. The maximum atomic E-state index is 5.12. The van der Waals surface area contributed by atoms with E-state index in [1.165, 1.54) is 25.7 Å². The summed E-state index contributed by atoms with van der Waals surface area (Å²) in [5.74, 6) is 1.95. The van der Waals surface area contributed by atoms with Gasteiger partial charge in [0.2, 0.25) is 0 Å². The van der Waals surface area contributed by atoms with Crippen LogP contribution in [0.15, 0.2) is 146 Å². The Morgan fingerprint density at radius 3 is 1.96 bits per heavy atom. The third-order valence-electron chi connectivity index (χ3n) is 8.37. The van der Waals surface area contributed by atoms with Crippen LogP contribution in [0.4, 0.5) is 0 Å². The SMILES string of the molecule is c1ccc(-c2nc(-c3ccc(-c4ccc5ccccc5c4)cc3)nc(-c3cccc4ccc5c6ncccc6sc5c34)n2)cc1. The predicted octanol–water partition coefficient (Wildman–Crippen LogP) is 10.6. The van der Waals surface area contributed by atoms with Gasteiger partial charge in [-0.05, 0) is 45.5 Å². The smallest absolute Gasteiger partial charge is 0.164 e. The molecule has 0 aliphatic rings. The molecule has 0 saturated heterocycles. The zero-order valence-corrected chi connectivity index (χ0v) is 24.9. The fraction of sp³-hybridized carbons (Fsp3) is 0. The molecule has 4 nitrogen and oxygen atoms in total. The summed E-state index contributed by atoms with van der Waals surface area (Å²) in [6.07, 6.45) is 1.86. The molecule has 45 heavy (non-hydrogen) atoms. The van der Waals surface area contributed by atoms with Crippen LogP contribution < -0.4 is 0 Å². The molecule has 3 aromatic heterocycles. The van der Waals surface area contributed by atoms with E-state index in [1.807, 2.05) is 42.6 Å². The fourth-order valence-electron chi connectivity index (χ4n) is 6.13. The van der Waals surface area contributed by atoms with Crippen LogP contribution in [0.25, 0.3) is 87.1 Å². The molecule has 0 unspecified atom stereocenters. The molecule has 0 radical (unpaired) electrons. The van der Waals surface area contributed by atoms with Crippen LogP contribution in [-0.4, -0.2) is 19.9 Å². The minimum Gasteiger partial charge on any atom is -0.255 e. The van der Waals surface area contributed by atoms with E-state index in [0.717, 1.165) is 43.9 Å². The first-order chi connectivity index (χ1) is 22.3. The van der Waals surface area contributed by atoms with Gasteiger partial charge in [0, 0.05) is 38.4 Å². The highest BCUT2D eigenvalue weighted by molar-refractivity contribution is 7.26. The van der Waals surface area contributed by atoms with Gasteiger partial charge < -0.3 is 0 Å². The van der Waals surface area contributed by atoms with Gasteiger partial charge in [-0.1, -0.05) is 121 Å². The summed E-state index contributed by atoms with van der Waals surface area (Å²) in [6, 6.07) is 48.5. The van der Waals surface area contributed by atoms with Crippen molar-refractivity contribution in [2.45, 2.75) is 0 Å². The number of pyridine rings is 1. The molecule has 6 aromatic carbocycles. The molecule has 3 heterocycles. The Bertz CT molecular complexity index is 2540. The van der Waals surface area contributed by atoms with Gasteiger partial charge in [-0.25, -0.2) is 15.0 Å².